The molecule has 7 heteroatoms. The van der Waals surface area contributed by atoms with Gasteiger partial charge in [-0.2, -0.15) is 0 Å². The van der Waals surface area contributed by atoms with E-state index in [-0.39, 0.29) is 16.3 Å². The Hall–Kier alpha value is -2.15. The molecule has 2 heterocycles. The van der Waals surface area contributed by atoms with E-state index in [0.29, 0.717) is 4.90 Å². The molecule has 0 aliphatic heterocycles. The van der Waals surface area contributed by atoms with Crippen molar-refractivity contribution in [2.75, 3.05) is 0 Å². The lowest BCUT2D eigenvalue weighted by Crippen LogP contribution is -2.02. The SMILES string of the molecule is Cc1cnc(Sc2cc[nH]c(=O)c2)c([N+](=O)[O-])c1. The van der Waals surface area contributed by atoms with Crippen molar-refractivity contribution in [3.63, 3.8) is 0 Å². The van der Waals surface area contributed by atoms with Crippen LogP contribution in [-0.2, 0) is 0 Å². The van der Waals surface area contributed by atoms with E-state index in [9.17, 15) is 14.9 Å². The highest BCUT2D eigenvalue weighted by atomic mass is 32.2. The molecule has 2 aromatic heterocycles. The molecule has 6 nitrogen and oxygen atoms in total. The van der Waals surface area contributed by atoms with Crippen molar-refractivity contribution in [1.82, 2.24) is 9.97 Å². The third kappa shape index (κ3) is 2.75. The maximum absolute atomic E-state index is 11.1. The minimum absolute atomic E-state index is 0.0553. The predicted molar refractivity (Wildman–Crippen MR) is 66.8 cm³/mol. The second kappa shape index (κ2) is 5.01. The maximum atomic E-state index is 11.1. The Bertz CT molecular complexity index is 654. The van der Waals surface area contributed by atoms with Crippen molar-refractivity contribution < 1.29 is 4.92 Å². The molecule has 0 saturated carbocycles. The summed E-state index contributed by atoms with van der Waals surface area (Å²) in [4.78, 5) is 28.7. The van der Waals surface area contributed by atoms with E-state index >= 15 is 0 Å². The van der Waals surface area contributed by atoms with Crippen LogP contribution in [0.4, 0.5) is 5.69 Å². The van der Waals surface area contributed by atoms with Gasteiger partial charge < -0.3 is 4.98 Å². The fourth-order valence-electron chi connectivity index (χ4n) is 1.35. The molecule has 0 aromatic carbocycles. The van der Waals surface area contributed by atoms with Crippen molar-refractivity contribution in [3.05, 3.63) is 56.6 Å². The highest BCUT2D eigenvalue weighted by Gasteiger charge is 2.16. The summed E-state index contributed by atoms with van der Waals surface area (Å²) in [5.41, 5.74) is 0.409. The maximum Gasteiger partial charge on any atom is 0.301 e. The lowest BCUT2D eigenvalue weighted by molar-refractivity contribution is -0.388. The summed E-state index contributed by atoms with van der Waals surface area (Å²) >= 11 is 1.09. The number of aromatic nitrogens is 2. The average molecular weight is 263 g/mol. The van der Waals surface area contributed by atoms with Gasteiger partial charge >= 0.3 is 5.69 Å². The van der Waals surface area contributed by atoms with Crippen molar-refractivity contribution >= 4 is 17.4 Å². The Balaban J connectivity index is 2.40. The first-order valence-corrected chi connectivity index (χ1v) is 5.85. The molecule has 0 amide bonds. The normalized spacial score (nSPS) is 10.3. The van der Waals surface area contributed by atoms with Gasteiger partial charge in [0.1, 0.15) is 0 Å². The highest BCUT2D eigenvalue weighted by Crippen LogP contribution is 2.32. The third-order valence-electron chi connectivity index (χ3n) is 2.13. The summed E-state index contributed by atoms with van der Waals surface area (Å²) in [6.45, 7) is 1.74. The number of aromatic amines is 1. The monoisotopic (exact) mass is 263 g/mol. The van der Waals surface area contributed by atoms with Crippen LogP contribution in [0, 0.1) is 17.0 Å². The van der Waals surface area contributed by atoms with E-state index in [1.54, 1.807) is 19.2 Å². The molecule has 18 heavy (non-hydrogen) atoms. The summed E-state index contributed by atoms with van der Waals surface area (Å²) in [5.74, 6) is 0. The lowest BCUT2D eigenvalue weighted by atomic mass is 10.3. The number of hydrogen-bond acceptors (Lipinski definition) is 5. The van der Waals surface area contributed by atoms with Gasteiger partial charge in [-0.1, -0.05) is 11.8 Å². The number of nitro groups is 1. The van der Waals surface area contributed by atoms with Crippen LogP contribution in [0.15, 0.2) is 45.3 Å². The number of hydrogen-bond donors (Lipinski definition) is 1. The van der Waals surface area contributed by atoms with Crippen LogP contribution in [-0.4, -0.2) is 14.9 Å². The third-order valence-corrected chi connectivity index (χ3v) is 3.12. The summed E-state index contributed by atoms with van der Waals surface area (Å²) in [7, 11) is 0. The zero-order valence-electron chi connectivity index (χ0n) is 9.41. The van der Waals surface area contributed by atoms with E-state index in [1.165, 1.54) is 18.3 Å². The standard InChI is InChI=1S/C11H9N3O3S/c1-7-4-9(14(16)17)11(13-6-7)18-8-2-3-12-10(15)5-8/h2-6H,1H3,(H,12,15). The molecular formula is C11H9N3O3S. The van der Waals surface area contributed by atoms with Gasteiger partial charge in [0.2, 0.25) is 5.56 Å². The van der Waals surface area contributed by atoms with Crippen molar-refractivity contribution in [2.45, 2.75) is 16.8 Å². The molecule has 0 spiro atoms. The summed E-state index contributed by atoms with van der Waals surface area (Å²) in [6, 6.07) is 4.50. The van der Waals surface area contributed by atoms with Crippen LogP contribution in [0.25, 0.3) is 0 Å². The van der Waals surface area contributed by atoms with Crippen molar-refractivity contribution in [2.24, 2.45) is 0 Å². The number of nitrogens with one attached hydrogen (secondary N) is 1. The van der Waals surface area contributed by atoms with Gasteiger partial charge in [-0.15, -0.1) is 0 Å². The molecule has 0 radical (unpaired) electrons. The van der Waals surface area contributed by atoms with Gasteiger partial charge in [-0.05, 0) is 18.6 Å². The summed E-state index contributed by atoms with van der Waals surface area (Å²) in [5, 5.41) is 11.2. The summed E-state index contributed by atoms with van der Waals surface area (Å²) in [6.07, 6.45) is 3.05. The second-order valence-electron chi connectivity index (χ2n) is 3.58. The zero-order valence-corrected chi connectivity index (χ0v) is 10.2. The molecule has 0 atom stereocenters. The molecule has 92 valence electrons. The van der Waals surface area contributed by atoms with Crippen molar-refractivity contribution in [3.8, 4) is 0 Å². The molecule has 0 aliphatic rings. The van der Waals surface area contributed by atoms with E-state index in [2.05, 4.69) is 9.97 Å². The Morgan fingerprint density at radius 3 is 2.89 bits per heavy atom. The first kappa shape index (κ1) is 12.3. The van der Waals surface area contributed by atoms with Crippen LogP contribution >= 0.6 is 11.8 Å². The molecular weight excluding hydrogens is 254 g/mol. The number of pyridine rings is 2. The van der Waals surface area contributed by atoms with Crippen LogP contribution in [0.2, 0.25) is 0 Å². The predicted octanol–water partition coefficient (Wildman–Crippen LogP) is 2.14. The topological polar surface area (TPSA) is 88.9 Å². The van der Waals surface area contributed by atoms with Gasteiger partial charge in [-0.25, -0.2) is 4.98 Å². The summed E-state index contributed by atoms with van der Waals surface area (Å²) < 4.78 is 0. The highest BCUT2D eigenvalue weighted by molar-refractivity contribution is 7.99. The Morgan fingerprint density at radius 2 is 2.22 bits per heavy atom. The lowest BCUT2D eigenvalue weighted by Gasteiger charge is -2.02. The smallest absolute Gasteiger partial charge is 0.301 e. The van der Waals surface area contributed by atoms with Crippen LogP contribution in [0.1, 0.15) is 5.56 Å². The number of H-pyrrole nitrogens is 1. The molecule has 0 unspecified atom stereocenters. The van der Waals surface area contributed by atoms with Gasteiger partial charge in [0, 0.05) is 29.4 Å². The van der Waals surface area contributed by atoms with Gasteiger partial charge in [-0.3, -0.25) is 14.9 Å². The van der Waals surface area contributed by atoms with Crippen molar-refractivity contribution in [1.29, 1.82) is 0 Å². The van der Waals surface area contributed by atoms with E-state index in [4.69, 9.17) is 0 Å². The minimum Gasteiger partial charge on any atom is -0.329 e. The van der Waals surface area contributed by atoms with Gasteiger partial charge in [0.05, 0.1) is 4.92 Å². The fraction of sp³-hybridized carbons (Fsp3) is 0.0909. The van der Waals surface area contributed by atoms with Gasteiger partial charge in [0.15, 0.2) is 5.03 Å². The van der Waals surface area contributed by atoms with E-state index < -0.39 is 4.92 Å². The zero-order chi connectivity index (χ0) is 13.1. The molecule has 0 saturated heterocycles. The Morgan fingerprint density at radius 1 is 1.44 bits per heavy atom. The Labute approximate surface area is 106 Å². The number of rotatable bonds is 3. The van der Waals surface area contributed by atoms with Crippen LogP contribution in [0.5, 0.6) is 0 Å². The average Bonchev–Trinajstić information content (AvgIpc) is 2.31. The minimum atomic E-state index is -0.477. The molecule has 0 bridgehead atoms. The fourth-order valence-corrected chi connectivity index (χ4v) is 2.22. The molecule has 0 fully saturated rings. The van der Waals surface area contributed by atoms with E-state index in [0.717, 1.165) is 17.3 Å². The second-order valence-corrected chi connectivity index (χ2v) is 4.65. The molecule has 1 N–H and O–H groups in total. The quantitative estimate of drug-likeness (QED) is 0.677. The first-order chi connectivity index (χ1) is 8.56. The Kier molecular flexibility index (Phi) is 3.42. The molecule has 0 aliphatic carbocycles. The van der Waals surface area contributed by atoms with Gasteiger partial charge in [0.25, 0.3) is 0 Å². The van der Waals surface area contributed by atoms with Crippen LogP contribution in [0.3, 0.4) is 0 Å². The van der Waals surface area contributed by atoms with Crippen LogP contribution < -0.4 is 5.56 Å². The van der Waals surface area contributed by atoms with E-state index in [1.807, 2.05) is 0 Å². The first-order valence-electron chi connectivity index (χ1n) is 5.04. The number of aryl methyl sites for hydroxylation is 1. The number of nitrogens with zero attached hydrogens (tertiary/aromatic N) is 2. The molecule has 2 rings (SSSR count). The molecule has 2 aromatic rings. The largest absolute Gasteiger partial charge is 0.329 e.